The number of nitrogens with zero attached hydrogens (tertiary/aromatic N) is 2. The highest BCUT2D eigenvalue weighted by Gasteiger charge is 2.27. The van der Waals surface area contributed by atoms with Crippen molar-refractivity contribution in [3.05, 3.63) is 35.8 Å². The number of hydrogen-bond acceptors (Lipinski definition) is 4. The Bertz CT molecular complexity index is 779. The van der Waals surface area contributed by atoms with E-state index in [9.17, 15) is 13.2 Å². The average molecular weight is 294 g/mol. The van der Waals surface area contributed by atoms with E-state index in [-0.39, 0.29) is 23.0 Å². The standard InChI is InChI=1S/C13H14N2O4S/c16-13(17)9-3-4-15-7-11(14-12(15)6-9)10-2-1-5-20(18,19)8-10/h3-4,6-7,10H,1-2,5,8H2,(H,16,17). The van der Waals surface area contributed by atoms with Gasteiger partial charge in [0.05, 0.1) is 22.8 Å². The van der Waals surface area contributed by atoms with Gasteiger partial charge in [-0.05, 0) is 25.0 Å². The van der Waals surface area contributed by atoms with Crippen LogP contribution in [0.15, 0.2) is 24.5 Å². The molecule has 1 N–H and O–H groups in total. The molecular formula is C13H14N2O4S. The van der Waals surface area contributed by atoms with Crippen molar-refractivity contribution in [2.45, 2.75) is 18.8 Å². The van der Waals surface area contributed by atoms with Gasteiger partial charge in [0.2, 0.25) is 0 Å². The fraction of sp³-hybridized carbons (Fsp3) is 0.385. The fourth-order valence-electron chi connectivity index (χ4n) is 2.59. The lowest BCUT2D eigenvalue weighted by atomic mass is 10.0. The number of carbonyl (C=O) groups is 1. The number of aromatic nitrogens is 2. The van der Waals surface area contributed by atoms with E-state index in [0.29, 0.717) is 12.1 Å². The van der Waals surface area contributed by atoms with Crippen LogP contribution in [0.25, 0.3) is 5.65 Å². The Kier molecular flexibility index (Phi) is 3.01. The van der Waals surface area contributed by atoms with Crippen LogP contribution in [0.4, 0.5) is 0 Å². The van der Waals surface area contributed by atoms with Gasteiger partial charge < -0.3 is 9.51 Å². The Morgan fingerprint density at radius 1 is 1.45 bits per heavy atom. The van der Waals surface area contributed by atoms with Crippen molar-refractivity contribution in [2.75, 3.05) is 11.5 Å². The first-order valence-electron chi connectivity index (χ1n) is 6.37. The second-order valence-electron chi connectivity index (χ2n) is 5.11. The first-order chi connectivity index (χ1) is 9.44. The predicted molar refractivity (Wildman–Crippen MR) is 72.8 cm³/mol. The summed E-state index contributed by atoms with van der Waals surface area (Å²) >= 11 is 0. The van der Waals surface area contributed by atoms with Crippen LogP contribution < -0.4 is 0 Å². The van der Waals surface area contributed by atoms with E-state index in [0.717, 1.165) is 12.1 Å². The molecule has 0 aromatic carbocycles. The maximum atomic E-state index is 11.7. The van der Waals surface area contributed by atoms with E-state index in [4.69, 9.17) is 5.11 Å². The highest BCUT2D eigenvalue weighted by atomic mass is 32.2. The Morgan fingerprint density at radius 2 is 2.25 bits per heavy atom. The van der Waals surface area contributed by atoms with Crippen LogP contribution in [0.1, 0.15) is 34.8 Å². The maximum Gasteiger partial charge on any atom is 0.335 e. The Morgan fingerprint density at radius 3 is 2.95 bits per heavy atom. The normalized spacial score (nSPS) is 21.9. The molecule has 0 spiro atoms. The number of rotatable bonds is 2. The molecule has 2 aromatic heterocycles. The molecule has 7 heteroatoms. The molecule has 1 aliphatic heterocycles. The summed E-state index contributed by atoms with van der Waals surface area (Å²) in [5.41, 5.74) is 1.42. The molecule has 3 rings (SSSR count). The van der Waals surface area contributed by atoms with E-state index >= 15 is 0 Å². The predicted octanol–water partition coefficient (Wildman–Crippen LogP) is 1.32. The number of carboxylic acids is 1. The van der Waals surface area contributed by atoms with Crippen molar-refractivity contribution in [1.29, 1.82) is 0 Å². The largest absolute Gasteiger partial charge is 0.478 e. The van der Waals surface area contributed by atoms with Gasteiger partial charge in [0.1, 0.15) is 5.65 Å². The lowest BCUT2D eigenvalue weighted by molar-refractivity contribution is 0.0697. The minimum absolute atomic E-state index is 0.0954. The number of imidazole rings is 1. The van der Waals surface area contributed by atoms with Crippen molar-refractivity contribution in [1.82, 2.24) is 9.38 Å². The van der Waals surface area contributed by atoms with Crippen LogP contribution in [-0.4, -0.2) is 40.4 Å². The SMILES string of the molecule is O=C(O)c1ccn2cc(C3CCCS(=O)(=O)C3)nc2c1. The van der Waals surface area contributed by atoms with Crippen LogP contribution in [0.3, 0.4) is 0 Å². The van der Waals surface area contributed by atoms with Gasteiger partial charge in [0.15, 0.2) is 9.84 Å². The average Bonchev–Trinajstić information content (AvgIpc) is 2.80. The van der Waals surface area contributed by atoms with Crippen LogP contribution in [0.2, 0.25) is 0 Å². The third kappa shape index (κ3) is 2.40. The van der Waals surface area contributed by atoms with Gasteiger partial charge in [-0.15, -0.1) is 0 Å². The highest BCUT2D eigenvalue weighted by molar-refractivity contribution is 7.91. The molecule has 1 saturated heterocycles. The minimum Gasteiger partial charge on any atom is -0.478 e. The van der Waals surface area contributed by atoms with E-state index in [1.54, 1.807) is 16.8 Å². The van der Waals surface area contributed by atoms with Gasteiger partial charge in [-0.3, -0.25) is 0 Å². The lowest BCUT2D eigenvalue weighted by Gasteiger charge is -2.19. The van der Waals surface area contributed by atoms with Crippen molar-refractivity contribution in [2.24, 2.45) is 0 Å². The Hall–Kier alpha value is -1.89. The number of hydrogen-bond donors (Lipinski definition) is 1. The molecule has 1 atom stereocenters. The summed E-state index contributed by atoms with van der Waals surface area (Å²) in [6.07, 6.45) is 4.87. The molecule has 2 aromatic rings. The topological polar surface area (TPSA) is 88.7 Å². The molecule has 1 fully saturated rings. The number of aromatic carboxylic acids is 1. The number of carboxylic acid groups (broad SMARTS) is 1. The molecule has 20 heavy (non-hydrogen) atoms. The molecule has 106 valence electrons. The Balaban J connectivity index is 1.98. The highest BCUT2D eigenvalue weighted by Crippen LogP contribution is 2.27. The summed E-state index contributed by atoms with van der Waals surface area (Å²) in [7, 11) is -2.98. The van der Waals surface area contributed by atoms with Crippen LogP contribution in [0, 0.1) is 0 Å². The molecular weight excluding hydrogens is 280 g/mol. The molecule has 1 unspecified atom stereocenters. The van der Waals surface area contributed by atoms with Gasteiger partial charge in [0, 0.05) is 18.3 Å². The molecule has 3 heterocycles. The summed E-state index contributed by atoms with van der Waals surface area (Å²) in [5, 5.41) is 8.95. The molecule has 6 nitrogen and oxygen atoms in total. The molecule has 0 saturated carbocycles. The van der Waals surface area contributed by atoms with Crippen molar-refractivity contribution >= 4 is 21.5 Å². The first-order valence-corrected chi connectivity index (χ1v) is 8.19. The van der Waals surface area contributed by atoms with Crippen molar-refractivity contribution in [3.63, 3.8) is 0 Å². The van der Waals surface area contributed by atoms with E-state index < -0.39 is 15.8 Å². The van der Waals surface area contributed by atoms with Crippen LogP contribution in [-0.2, 0) is 9.84 Å². The van der Waals surface area contributed by atoms with Crippen molar-refractivity contribution in [3.8, 4) is 0 Å². The third-order valence-corrected chi connectivity index (χ3v) is 5.43. The van der Waals surface area contributed by atoms with Gasteiger partial charge in [-0.1, -0.05) is 0 Å². The van der Waals surface area contributed by atoms with E-state index in [2.05, 4.69) is 4.98 Å². The zero-order valence-corrected chi connectivity index (χ0v) is 11.5. The minimum atomic E-state index is -2.98. The zero-order valence-electron chi connectivity index (χ0n) is 10.7. The molecule has 0 amide bonds. The Labute approximate surface area is 116 Å². The smallest absolute Gasteiger partial charge is 0.335 e. The summed E-state index contributed by atoms with van der Waals surface area (Å²) < 4.78 is 25.1. The zero-order chi connectivity index (χ0) is 14.3. The maximum absolute atomic E-state index is 11.7. The third-order valence-electron chi connectivity index (χ3n) is 3.61. The molecule has 0 bridgehead atoms. The van der Waals surface area contributed by atoms with Crippen molar-refractivity contribution < 1.29 is 18.3 Å². The molecule has 1 aliphatic rings. The van der Waals surface area contributed by atoms with Gasteiger partial charge in [0.25, 0.3) is 0 Å². The first kappa shape index (κ1) is 13.1. The fourth-order valence-corrected chi connectivity index (χ4v) is 4.31. The summed E-state index contributed by atoms with van der Waals surface area (Å²) in [5.74, 6) is -0.720. The number of sulfone groups is 1. The summed E-state index contributed by atoms with van der Waals surface area (Å²) in [4.78, 5) is 15.3. The van der Waals surface area contributed by atoms with E-state index in [1.807, 2.05) is 0 Å². The van der Waals surface area contributed by atoms with Gasteiger partial charge in [-0.2, -0.15) is 0 Å². The second kappa shape index (κ2) is 4.59. The van der Waals surface area contributed by atoms with Gasteiger partial charge >= 0.3 is 5.97 Å². The summed E-state index contributed by atoms with van der Waals surface area (Å²) in [6, 6.07) is 2.99. The number of pyridine rings is 1. The van der Waals surface area contributed by atoms with Crippen LogP contribution >= 0.6 is 0 Å². The van der Waals surface area contributed by atoms with Crippen LogP contribution in [0.5, 0.6) is 0 Å². The second-order valence-corrected chi connectivity index (χ2v) is 7.33. The monoisotopic (exact) mass is 294 g/mol. The molecule has 0 aliphatic carbocycles. The summed E-state index contributed by atoms with van der Waals surface area (Å²) in [6.45, 7) is 0. The lowest BCUT2D eigenvalue weighted by Crippen LogP contribution is -2.23. The molecule has 0 radical (unpaired) electrons. The van der Waals surface area contributed by atoms with E-state index in [1.165, 1.54) is 12.1 Å². The number of fused-ring (bicyclic) bond motifs is 1. The van der Waals surface area contributed by atoms with Gasteiger partial charge in [-0.25, -0.2) is 18.2 Å². The quantitative estimate of drug-likeness (QED) is 0.902.